The van der Waals surface area contributed by atoms with Crippen LogP contribution in [0.25, 0.3) is 45.9 Å². The lowest BCUT2D eigenvalue weighted by Gasteiger charge is -2.43. The number of ether oxygens (including phenoxy) is 2. The van der Waals surface area contributed by atoms with E-state index in [1.54, 1.807) is 5.57 Å². The van der Waals surface area contributed by atoms with Crippen molar-refractivity contribution in [3.8, 4) is 16.8 Å². The lowest BCUT2D eigenvalue weighted by atomic mass is 9.75. The Kier molecular flexibility index (Phi) is 13.7. The minimum absolute atomic E-state index is 0.0674. The molecule has 6 aromatic carbocycles. The molecule has 0 bridgehead atoms. The zero-order valence-corrected chi connectivity index (χ0v) is 43.9. The lowest BCUT2D eigenvalue weighted by molar-refractivity contribution is 0.107. The Morgan fingerprint density at radius 1 is 0.613 bits per heavy atom. The van der Waals surface area contributed by atoms with Crippen LogP contribution in [0.3, 0.4) is 0 Å². The van der Waals surface area contributed by atoms with Gasteiger partial charge >= 0.3 is 0 Å². The van der Waals surface area contributed by atoms with Gasteiger partial charge in [0.25, 0.3) is 0 Å². The van der Waals surface area contributed by atoms with Crippen LogP contribution in [0.2, 0.25) is 0 Å². The Labute approximate surface area is 445 Å². The van der Waals surface area contributed by atoms with Gasteiger partial charge in [-0.2, -0.15) is 0 Å². The van der Waals surface area contributed by atoms with Crippen LogP contribution in [-0.4, -0.2) is 16.7 Å². The normalized spacial score (nSPS) is 20.2. The van der Waals surface area contributed by atoms with Gasteiger partial charge in [0, 0.05) is 57.4 Å². The highest BCUT2D eigenvalue weighted by Gasteiger charge is 2.45. The first-order valence-corrected chi connectivity index (χ1v) is 27.6. The predicted octanol–water partition coefficient (Wildman–Crippen LogP) is 17.6. The lowest BCUT2D eigenvalue weighted by Crippen LogP contribution is -2.44. The van der Waals surface area contributed by atoms with Gasteiger partial charge in [-0.25, -0.2) is 0 Å². The number of hydrogen-bond acceptors (Lipinski definition) is 3. The molecule has 0 N–H and O–H groups in total. The van der Waals surface area contributed by atoms with Gasteiger partial charge in [-0.3, -0.25) is 0 Å². The number of benzene rings is 6. The van der Waals surface area contributed by atoms with E-state index in [0.717, 1.165) is 56.1 Å². The third-order valence-electron chi connectivity index (χ3n) is 17.0. The highest BCUT2D eigenvalue weighted by molar-refractivity contribution is 5.96. The summed E-state index contributed by atoms with van der Waals surface area (Å²) in [4.78, 5) is 2.79. The monoisotopic (exact) mass is 983 g/mol. The summed E-state index contributed by atoms with van der Waals surface area (Å²) in [7, 11) is 0. The Balaban J connectivity index is 0.803. The minimum Gasteiger partial charge on any atom is -0.372 e. The minimum atomic E-state index is -0.0674. The molecule has 5 aliphatic rings. The van der Waals surface area contributed by atoms with Crippen molar-refractivity contribution in [2.75, 3.05) is 4.90 Å². The first-order chi connectivity index (χ1) is 36.8. The van der Waals surface area contributed by atoms with Gasteiger partial charge in [-0.1, -0.05) is 190 Å². The maximum absolute atomic E-state index is 6.29. The number of rotatable bonds is 16. The molecule has 0 fully saturated rings. The van der Waals surface area contributed by atoms with Crippen molar-refractivity contribution in [1.82, 2.24) is 4.57 Å². The van der Waals surface area contributed by atoms with E-state index in [-0.39, 0.29) is 5.41 Å². The highest BCUT2D eigenvalue weighted by Crippen LogP contribution is 2.55. The second kappa shape index (κ2) is 21.2. The van der Waals surface area contributed by atoms with Crippen LogP contribution in [0.4, 0.5) is 5.69 Å². The van der Waals surface area contributed by atoms with Crippen LogP contribution in [0.5, 0.6) is 0 Å². The number of allylic oxidation sites excluding steroid dienone is 7. The number of aromatic nitrogens is 1. The molecule has 4 nitrogen and oxygen atoms in total. The quantitative estimate of drug-likeness (QED) is 0.0903. The summed E-state index contributed by atoms with van der Waals surface area (Å²) < 4.78 is 14.9. The molecule has 0 saturated heterocycles. The van der Waals surface area contributed by atoms with Gasteiger partial charge in [0.05, 0.1) is 31.9 Å². The molecule has 0 radical (unpaired) electrons. The van der Waals surface area contributed by atoms with E-state index in [4.69, 9.17) is 9.47 Å². The zero-order valence-electron chi connectivity index (χ0n) is 43.9. The van der Waals surface area contributed by atoms with Crippen molar-refractivity contribution < 1.29 is 9.47 Å². The molecule has 12 rings (SSSR count). The fourth-order valence-corrected chi connectivity index (χ4v) is 13.0. The maximum Gasteiger partial charge on any atom is 0.0721 e. The van der Waals surface area contributed by atoms with Crippen molar-refractivity contribution >= 4 is 34.8 Å². The molecule has 1 aromatic heterocycles. The van der Waals surface area contributed by atoms with E-state index < -0.39 is 0 Å². The second-order valence-electron chi connectivity index (χ2n) is 22.1. The summed E-state index contributed by atoms with van der Waals surface area (Å²) in [5.74, 6) is 0.948. The third-order valence-corrected chi connectivity index (χ3v) is 17.0. The summed E-state index contributed by atoms with van der Waals surface area (Å²) in [6.07, 6.45) is 32.4. The molecule has 0 amide bonds. The molecule has 75 heavy (non-hydrogen) atoms. The van der Waals surface area contributed by atoms with Gasteiger partial charge in [0.2, 0.25) is 0 Å². The molecule has 4 atom stereocenters. The first kappa shape index (κ1) is 48.7. The topological polar surface area (TPSA) is 26.6 Å². The maximum atomic E-state index is 6.29. The molecule has 5 aliphatic carbocycles. The summed E-state index contributed by atoms with van der Waals surface area (Å²) in [5, 5.41) is 1.31. The second-order valence-corrected chi connectivity index (χ2v) is 22.1. The smallest absolute Gasteiger partial charge is 0.0721 e. The van der Waals surface area contributed by atoms with Crippen molar-refractivity contribution in [3.05, 3.63) is 256 Å². The summed E-state index contributed by atoms with van der Waals surface area (Å²) >= 11 is 0. The molecule has 0 spiro atoms. The van der Waals surface area contributed by atoms with Gasteiger partial charge in [0.15, 0.2) is 0 Å². The highest BCUT2D eigenvalue weighted by atomic mass is 16.5. The Morgan fingerprint density at radius 3 is 1.91 bits per heavy atom. The van der Waals surface area contributed by atoms with Gasteiger partial charge in [0.1, 0.15) is 0 Å². The SMILES string of the molecule is C=Cc1ccc(COCc2ccc(-n3c4c(c5cc(-c6ccc(N(C7C=CC(C8=CCCC=C8)CC7)C7C=C8C(CC7)c7ccc(COCc9ccc(C=C)cc9)cc7C8(C)C)cc6)ccc53)C=CCC4)cc2)cc1. The van der Waals surface area contributed by atoms with E-state index in [9.17, 15) is 0 Å². The fourth-order valence-electron chi connectivity index (χ4n) is 13.0. The average Bonchev–Trinajstić information content (AvgIpc) is 3.95. The van der Waals surface area contributed by atoms with E-state index in [1.165, 1.54) is 90.0 Å². The molecule has 7 aromatic rings. The Morgan fingerprint density at radius 2 is 1.25 bits per heavy atom. The van der Waals surface area contributed by atoms with Gasteiger partial charge in [-0.15, -0.1) is 0 Å². The molecule has 0 saturated carbocycles. The standard InChI is InChI=1S/C71H70N2O2/c1-5-49-16-20-51(21-17-49)45-74-47-53-24-32-61(33-25-53)73-69-15-11-10-14-65(69)66-43-58(31-41-70(66)73)57-29-36-60(37-30-57)72(59-34-27-56(28-35-59)55-12-8-7-9-13-55)62-38-40-64-63-39-26-54(42-67(63)71(3,4)68(64)44-62)48-75-46-52-22-18-50(6-2)19-23-52/h5-6,8,10,12-14,16-27,29-34,36-37,39,41-44,56,59,62,64H,1-2,7,9,11,15,28,35,38,40,45-48H2,3-4H3. The molecule has 0 aliphatic heterocycles. The van der Waals surface area contributed by atoms with E-state index in [0.29, 0.717) is 50.3 Å². The fraction of sp³-hybridized carbons (Fsp3) is 0.268. The molecular formula is C71H70N2O2. The van der Waals surface area contributed by atoms with E-state index >= 15 is 0 Å². The Bertz CT molecular complexity index is 3390. The van der Waals surface area contributed by atoms with Gasteiger partial charge in [-0.05, 0) is 149 Å². The summed E-state index contributed by atoms with van der Waals surface area (Å²) in [6, 6.07) is 50.3. The zero-order chi connectivity index (χ0) is 50.9. The van der Waals surface area contributed by atoms with Crippen LogP contribution < -0.4 is 4.90 Å². The summed E-state index contributed by atoms with van der Waals surface area (Å²) in [5.41, 5.74) is 22.0. The number of hydrogen-bond donors (Lipinski definition) is 0. The predicted molar refractivity (Wildman–Crippen MR) is 314 cm³/mol. The Hall–Kier alpha value is -7.24. The molecule has 4 heteroatoms. The largest absolute Gasteiger partial charge is 0.372 e. The van der Waals surface area contributed by atoms with Crippen molar-refractivity contribution in [2.24, 2.45) is 5.92 Å². The molecular weight excluding hydrogens is 913 g/mol. The van der Waals surface area contributed by atoms with Crippen molar-refractivity contribution in [1.29, 1.82) is 0 Å². The van der Waals surface area contributed by atoms with E-state index in [1.807, 2.05) is 12.2 Å². The van der Waals surface area contributed by atoms with Crippen LogP contribution in [0.15, 0.2) is 200 Å². The number of fused-ring (bicyclic) bond motifs is 6. The first-order valence-electron chi connectivity index (χ1n) is 27.6. The van der Waals surface area contributed by atoms with Gasteiger partial charge < -0.3 is 18.9 Å². The average molecular weight is 983 g/mol. The summed E-state index contributed by atoms with van der Waals surface area (Å²) in [6.45, 7) is 15.0. The van der Waals surface area contributed by atoms with Crippen LogP contribution in [-0.2, 0) is 47.7 Å². The molecule has 376 valence electrons. The number of nitrogens with zero attached hydrogens (tertiary/aromatic N) is 2. The molecule has 4 unspecified atom stereocenters. The van der Waals surface area contributed by atoms with Crippen molar-refractivity contribution in [2.45, 2.75) is 115 Å². The van der Waals surface area contributed by atoms with Crippen LogP contribution in [0, 0.1) is 5.92 Å². The van der Waals surface area contributed by atoms with Crippen LogP contribution in [0.1, 0.15) is 120 Å². The number of anilines is 1. The van der Waals surface area contributed by atoms with Crippen LogP contribution >= 0.6 is 0 Å². The molecule has 1 heterocycles. The third kappa shape index (κ3) is 9.83. The van der Waals surface area contributed by atoms with Crippen molar-refractivity contribution in [3.63, 3.8) is 0 Å². The van der Waals surface area contributed by atoms with E-state index in [2.05, 4.69) is 219 Å².